The molecule has 0 N–H and O–H groups in total. The molecule has 0 saturated heterocycles. The molecule has 0 saturated carbocycles. The number of ether oxygens (including phenoxy) is 2. The molecule has 1 aliphatic carbocycles. The van der Waals surface area contributed by atoms with Gasteiger partial charge >= 0.3 is 0 Å². The fourth-order valence-corrected chi connectivity index (χ4v) is 7.70. The smallest absolute Gasteiger partial charge is 0.170 e. The lowest BCUT2D eigenvalue weighted by Gasteiger charge is -2.34. The van der Waals surface area contributed by atoms with Gasteiger partial charge in [0.05, 0.1) is 5.41 Å². The SMILES string of the molecule is c1ccc(C2(c3ccccc3)c3ccccc3-c3cc4c(cc32)Oc2ccc(-c3ccc(-c5cccs5)cc3)cc2O4)cc1. The van der Waals surface area contributed by atoms with Gasteiger partial charge in [-0.05, 0) is 85.8 Å². The van der Waals surface area contributed by atoms with Crippen molar-refractivity contribution >= 4 is 11.3 Å². The Kier molecular flexibility index (Phi) is 5.62. The van der Waals surface area contributed by atoms with Crippen molar-refractivity contribution in [1.29, 1.82) is 0 Å². The van der Waals surface area contributed by atoms with Gasteiger partial charge in [0.2, 0.25) is 0 Å². The van der Waals surface area contributed by atoms with Crippen molar-refractivity contribution in [3.8, 4) is 55.7 Å². The van der Waals surface area contributed by atoms with E-state index in [-0.39, 0.29) is 0 Å². The molecule has 0 radical (unpaired) electrons. The Labute approximate surface area is 260 Å². The van der Waals surface area contributed by atoms with Crippen molar-refractivity contribution < 1.29 is 9.47 Å². The summed E-state index contributed by atoms with van der Waals surface area (Å²) < 4.78 is 13.2. The molecule has 1 aromatic heterocycles. The van der Waals surface area contributed by atoms with Crippen LogP contribution >= 0.6 is 11.3 Å². The first-order valence-electron chi connectivity index (χ1n) is 14.8. The zero-order valence-electron chi connectivity index (χ0n) is 23.7. The molecule has 0 amide bonds. The van der Waals surface area contributed by atoms with Gasteiger partial charge in [0.15, 0.2) is 23.0 Å². The quantitative estimate of drug-likeness (QED) is 0.205. The average Bonchev–Trinajstić information content (AvgIpc) is 3.73. The first-order chi connectivity index (χ1) is 21.8. The van der Waals surface area contributed by atoms with Crippen molar-refractivity contribution in [3.63, 3.8) is 0 Å². The number of rotatable bonds is 4. The van der Waals surface area contributed by atoms with Gasteiger partial charge < -0.3 is 9.47 Å². The maximum Gasteiger partial charge on any atom is 0.170 e. The van der Waals surface area contributed by atoms with E-state index in [0.717, 1.165) is 34.1 Å². The van der Waals surface area contributed by atoms with Crippen LogP contribution in [0.25, 0.3) is 32.7 Å². The summed E-state index contributed by atoms with van der Waals surface area (Å²) in [4.78, 5) is 1.27. The van der Waals surface area contributed by atoms with E-state index in [1.165, 1.54) is 43.8 Å². The zero-order chi connectivity index (χ0) is 29.1. The van der Waals surface area contributed by atoms with Gasteiger partial charge in [-0.15, -0.1) is 11.3 Å². The minimum atomic E-state index is -0.480. The molecule has 0 spiro atoms. The highest BCUT2D eigenvalue weighted by Crippen LogP contribution is 2.59. The molecular formula is C41H26O2S. The molecule has 0 atom stereocenters. The predicted octanol–water partition coefficient (Wildman–Crippen LogP) is 11.3. The summed E-state index contributed by atoms with van der Waals surface area (Å²) in [5.41, 5.74) is 10.3. The molecule has 0 unspecified atom stereocenters. The average molecular weight is 583 g/mol. The second-order valence-electron chi connectivity index (χ2n) is 11.3. The maximum absolute atomic E-state index is 6.62. The fourth-order valence-electron chi connectivity index (χ4n) is 6.97. The third-order valence-electron chi connectivity index (χ3n) is 8.93. The second kappa shape index (κ2) is 9.84. The summed E-state index contributed by atoms with van der Waals surface area (Å²) >= 11 is 1.75. The fraction of sp³-hybridized carbons (Fsp3) is 0.0244. The number of hydrogen-bond donors (Lipinski definition) is 0. The van der Waals surface area contributed by atoms with Crippen LogP contribution in [0.4, 0.5) is 0 Å². The third-order valence-corrected chi connectivity index (χ3v) is 9.85. The molecule has 2 nitrogen and oxygen atoms in total. The van der Waals surface area contributed by atoms with Crippen LogP contribution in [0.15, 0.2) is 157 Å². The van der Waals surface area contributed by atoms with Crippen LogP contribution in [0, 0.1) is 0 Å². The van der Waals surface area contributed by atoms with Gasteiger partial charge in [-0.3, -0.25) is 0 Å². The Morgan fingerprint density at radius 1 is 0.409 bits per heavy atom. The lowest BCUT2D eigenvalue weighted by atomic mass is 9.67. The molecule has 7 aromatic rings. The third kappa shape index (κ3) is 3.73. The van der Waals surface area contributed by atoms with Crippen molar-refractivity contribution in [2.75, 3.05) is 0 Å². The normalized spacial score (nSPS) is 13.5. The van der Waals surface area contributed by atoms with Crippen molar-refractivity contribution in [2.45, 2.75) is 5.41 Å². The predicted molar refractivity (Wildman–Crippen MR) is 179 cm³/mol. The van der Waals surface area contributed by atoms with E-state index in [1.807, 2.05) is 6.07 Å². The van der Waals surface area contributed by atoms with Crippen LogP contribution in [0.2, 0.25) is 0 Å². The Balaban J connectivity index is 1.16. The minimum absolute atomic E-state index is 0.480. The molecular weight excluding hydrogens is 557 g/mol. The Hall–Kier alpha value is -5.38. The Morgan fingerprint density at radius 3 is 1.75 bits per heavy atom. The molecule has 208 valence electrons. The van der Waals surface area contributed by atoms with Crippen LogP contribution < -0.4 is 9.47 Å². The van der Waals surface area contributed by atoms with Crippen molar-refractivity contribution in [2.24, 2.45) is 0 Å². The second-order valence-corrected chi connectivity index (χ2v) is 12.2. The van der Waals surface area contributed by atoms with E-state index < -0.39 is 5.41 Å². The van der Waals surface area contributed by atoms with Gasteiger partial charge in [-0.25, -0.2) is 0 Å². The topological polar surface area (TPSA) is 18.5 Å². The lowest BCUT2D eigenvalue weighted by molar-refractivity contribution is 0.359. The largest absolute Gasteiger partial charge is 0.450 e. The van der Waals surface area contributed by atoms with E-state index in [4.69, 9.17) is 9.47 Å². The van der Waals surface area contributed by atoms with Crippen molar-refractivity contribution in [1.82, 2.24) is 0 Å². The Bertz CT molecular complexity index is 2110. The summed E-state index contributed by atoms with van der Waals surface area (Å²) in [6.45, 7) is 0. The molecule has 1 aliphatic heterocycles. The van der Waals surface area contributed by atoms with Crippen LogP contribution in [-0.2, 0) is 5.41 Å². The summed E-state index contributed by atoms with van der Waals surface area (Å²) in [5.74, 6) is 2.90. The summed E-state index contributed by atoms with van der Waals surface area (Å²) in [7, 11) is 0. The molecule has 44 heavy (non-hydrogen) atoms. The molecule has 6 aromatic carbocycles. The summed E-state index contributed by atoms with van der Waals surface area (Å²) in [5, 5.41) is 2.11. The highest BCUT2D eigenvalue weighted by atomic mass is 32.1. The number of fused-ring (bicyclic) bond motifs is 5. The molecule has 0 bridgehead atoms. The van der Waals surface area contributed by atoms with Gasteiger partial charge in [0, 0.05) is 4.88 Å². The molecule has 0 fully saturated rings. The molecule has 2 heterocycles. The highest BCUT2D eigenvalue weighted by Gasteiger charge is 2.47. The number of hydrogen-bond acceptors (Lipinski definition) is 3. The van der Waals surface area contributed by atoms with Gasteiger partial charge in [0.25, 0.3) is 0 Å². The first kappa shape index (κ1) is 25.1. The first-order valence-corrected chi connectivity index (χ1v) is 15.7. The van der Waals surface area contributed by atoms with Crippen molar-refractivity contribution in [3.05, 3.63) is 179 Å². The van der Waals surface area contributed by atoms with Gasteiger partial charge in [0.1, 0.15) is 0 Å². The standard InChI is InChI=1S/C41H26O2S/c1-3-10-30(11-4-1)41(31-12-5-2-6-13-31)34-15-8-7-14-32(34)33-25-38-39(26-35(33)41)42-36-22-21-29(24-37(36)43-38)27-17-19-28(20-18-27)40-16-9-23-44-40/h1-26H. The number of thiophene rings is 1. The van der Waals surface area contributed by atoms with E-state index >= 15 is 0 Å². The molecule has 2 aliphatic rings. The lowest BCUT2D eigenvalue weighted by Crippen LogP contribution is -2.28. The van der Waals surface area contributed by atoms with Gasteiger partial charge in [-0.1, -0.05) is 121 Å². The van der Waals surface area contributed by atoms with E-state index in [1.54, 1.807) is 11.3 Å². The Morgan fingerprint density at radius 2 is 1.02 bits per heavy atom. The minimum Gasteiger partial charge on any atom is -0.450 e. The summed E-state index contributed by atoms with van der Waals surface area (Å²) in [6.07, 6.45) is 0. The van der Waals surface area contributed by atoms with Crippen LogP contribution in [-0.4, -0.2) is 0 Å². The zero-order valence-corrected chi connectivity index (χ0v) is 24.6. The molecule has 3 heteroatoms. The van der Waals surface area contributed by atoms with Gasteiger partial charge in [-0.2, -0.15) is 0 Å². The summed E-state index contributed by atoms with van der Waals surface area (Å²) in [6, 6.07) is 53.9. The van der Waals surface area contributed by atoms with E-state index in [2.05, 4.69) is 151 Å². The van der Waals surface area contributed by atoms with E-state index in [9.17, 15) is 0 Å². The van der Waals surface area contributed by atoms with Crippen LogP contribution in [0.5, 0.6) is 23.0 Å². The van der Waals surface area contributed by atoms with Crippen LogP contribution in [0.1, 0.15) is 22.3 Å². The molecule has 9 rings (SSSR count). The number of benzene rings is 6. The monoisotopic (exact) mass is 582 g/mol. The van der Waals surface area contributed by atoms with Crippen LogP contribution in [0.3, 0.4) is 0 Å². The highest BCUT2D eigenvalue weighted by molar-refractivity contribution is 7.13. The maximum atomic E-state index is 6.62. The van der Waals surface area contributed by atoms with E-state index in [0.29, 0.717) is 0 Å².